The summed E-state index contributed by atoms with van der Waals surface area (Å²) in [4.78, 5) is 13.0. The van der Waals surface area contributed by atoms with Gasteiger partial charge in [0.25, 0.3) is 15.9 Å². The Labute approximate surface area is 247 Å². The van der Waals surface area contributed by atoms with Crippen LogP contribution in [0, 0.1) is 13.8 Å². The van der Waals surface area contributed by atoms with Crippen LogP contribution in [0.2, 0.25) is 0 Å². The van der Waals surface area contributed by atoms with Gasteiger partial charge in [0.1, 0.15) is 18.0 Å². The summed E-state index contributed by atoms with van der Waals surface area (Å²) in [5, 5.41) is 3.96. The number of aryl methyl sites for hydroxylation is 1. The van der Waals surface area contributed by atoms with E-state index >= 15 is 0 Å². The number of sulfonamides is 1. The van der Waals surface area contributed by atoms with E-state index in [1.54, 1.807) is 38.1 Å². The lowest BCUT2D eigenvalue weighted by atomic mass is 10.1. The van der Waals surface area contributed by atoms with Gasteiger partial charge in [-0.2, -0.15) is 18.3 Å². The standard InChI is InChI=1S/C30H29F3N4O5S/c1-20-16-22(21(2)37(20)26-13-9-8-12-25(26)30(31,32)33)18-34-35-29(38)19-36(43(39,40)24-10-6-5-7-11-24)27-15-14-23(41-3)17-28(27)42-4/h5-18H,19H2,1-4H3,(H,35,38)/b34-18-. The summed E-state index contributed by atoms with van der Waals surface area (Å²) in [6, 6.07) is 18.9. The van der Waals surface area contributed by atoms with Gasteiger partial charge in [0, 0.05) is 23.0 Å². The number of rotatable bonds is 10. The molecule has 43 heavy (non-hydrogen) atoms. The Balaban J connectivity index is 1.62. The molecule has 0 fully saturated rings. The molecule has 3 aromatic carbocycles. The predicted octanol–water partition coefficient (Wildman–Crippen LogP) is 5.48. The summed E-state index contributed by atoms with van der Waals surface area (Å²) in [7, 11) is -1.42. The Hall–Kier alpha value is -4.78. The van der Waals surface area contributed by atoms with Crippen molar-refractivity contribution in [3.05, 3.63) is 101 Å². The lowest BCUT2D eigenvalue weighted by Crippen LogP contribution is -2.39. The van der Waals surface area contributed by atoms with Crippen LogP contribution in [0.25, 0.3) is 5.69 Å². The number of carbonyl (C=O) groups is 1. The highest BCUT2D eigenvalue weighted by molar-refractivity contribution is 7.92. The molecular weight excluding hydrogens is 585 g/mol. The van der Waals surface area contributed by atoms with Gasteiger partial charge in [-0.3, -0.25) is 9.10 Å². The topological polar surface area (TPSA) is 102 Å². The Morgan fingerprint density at radius 3 is 2.30 bits per heavy atom. The lowest BCUT2D eigenvalue weighted by molar-refractivity contribution is -0.137. The van der Waals surface area contributed by atoms with E-state index in [0.29, 0.717) is 22.7 Å². The fourth-order valence-corrected chi connectivity index (χ4v) is 6.00. The zero-order valence-electron chi connectivity index (χ0n) is 23.7. The number of nitrogens with zero attached hydrogens (tertiary/aromatic N) is 3. The van der Waals surface area contributed by atoms with Crippen molar-refractivity contribution in [3.8, 4) is 17.2 Å². The summed E-state index contributed by atoms with van der Waals surface area (Å²) >= 11 is 0. The number of benzene rings is 3. The number of methoxy groups -OCH3 is 2. The third kappa shape index (κ3) is 6.67. The Bertz CT molecular complexity index is 1750. The minimum absolute atomic E-state index is 0.0381. The SMILES string of the molecule is COc1ccc(N(CC(=O)N/N=C\c2cc(C)n(-c3ccccc3C(F)(F)F)c2C)S(=O)(=O)c2ccccc2)c(OC)c1. The monoisotopic (exact) mass is 614 g/mol. The number of hydrogen-bond acceptors (Lipinski definition) is 6. The van der Waals surface area contributed by atoms with Crippen LogP contribution in [-0.2, 0) is 21.0 Å². The van der Waals surface area contributed by atoms with Gasteiger partial charge in [0.2, 0.25) is 0 Å². The number of ether oxygens (including phenoxy) is 2. The van der Waals surface area contributed by atoms with Crippen molar-refractivity contribution in [2.75, 3.05) is 25.1 Å². The number of nitrogens with one attached hydrogen (secondary N) is 1. The zero-order valence-corrected chi connectivity index (χ0v) is 24.5. The van der Waals surface area contributed by atoms with Gasteiger partial charge in [0.05, 0.1) is 42.3 Å². The van der Waals surface area contributed by atoms with Crippen LogP contribution in [0.5, 0.6) is 11.5 Å². The van der Waals surface area contributed by atoms with Crippen molar-refractivity contribution >= 4 is 27.8 Å². The van der Waals surface area contributed by atoms with Crippen molar-refractivity contribution in [2.24, 2.45) is 5.10 Å². The average molecular weight is 615 g/mol. The van der Waals surface area contributed by atoms with Crippen LogP contribution in [-0.4, -0.2) is 45.9 Å². The minimum atomic E-state index is -4.56. The van der Waals surface area contributed by atoms with Crippen molar-refractivity contribution in [1.29, 1.82) is 0 Å². The highest BCUT2D eigenvalue weighted by atomic mass is 32.2. The number of anilines is 1. The molecule has 4 rings (SSSR count). The predicted molar refractivity (Wildman–Crippen MR) is 157 cm³/mol. The van der Waals surface area contributed by atoms with Crippen LogP contribution in [0.4, 0.5) is 18.9 Å². The van der Waals surface area contributed by atoms with Crippen LogP contribution in [0.3, 0.4) is 0 Å². The first-order chi connectivity index (χ1) is 20.4. The Morgan fingerprint density at radius 1 is 0.977 bits per heavy atom. The molecule has 1 aromatic heterocycles. The quantitative estimate of drug-likeness (QED) is 0.188. The number of amides is 1. The minimum Gasteiger partial charge on any atom is -0.497 e. The van der Waals surface area contributed by atoms with Crippen molar-refractivity contribution in [3.63, 3.8) is 0 Å². The smallest absolute Gasteiger partial charge is 0.418 e. The number of hydrazone groups is 1. The molecule has 0 aliphatic carbocycles. The third-order valence-electron chi connectivity index (χ3n) is 6.59. The van der Waals surface area contributed by atoms with E-state index in [4.69, 9.17) is 9.47 Å². The number of aromatic nitrogens is 1. The number of para-hydroxylation sites is 1. The van der Waals surface area contributed by atoms with Crippen LogP contribution >= 0.6 is 0 Å². The number of carbonyl (C=O) groups excluding carboxylic acids is 1. The van der Waals surface area contributed by atoms with Gasteiger partial charge < -0.3 is 14.0 Å². The van der Waals surface area contributed by atoms with E-state index in [2.05, 4.69) is 10.5 Å². The average Bonchev–Trinajstić information content (AvgIpc) is 3.27. The molecule has 0 atom stereocenters. The molecule has 0 bridgehead atoms. The highest BCUT2D eigenvalue weighted by Crippen LogP contribution is 2.36. The maximum atomic E-state index is 13.7. The van der Waals surface area contributed by atoms with Crippen LogP contribution < -0.4 is 19.2 Å². The summed E-state index contributed by atoms with van der Waals surface area (Å²) in [6.45, 7) is 2.63. The molecule has 4 aromatic rings. The molecule has 226 valence electrons. The Morgan fingerprint density at radius 2 is 1.65 bits per heavy atom. The van der Waals surface area contributed by atoms with E-state index in [0.717, 1.165) is 10.4 Å². The van der Waals surface area contributed by atoms with Crippen molar-refractivity contribution in [2.45, 2.75) is 24.9 Å². The molecule has 0 saturated carbocycles. The first-order valence-corrected chi connectivity index (χ1v) is 14.3. The molecular formula is C30H29F3N4O5S. The van der Waals surface area contributed by atoms with Gasteiger partial charge in [-0.15, -0.1) is 0 Å². The first-order valence-electron chi connectivity index (χ1n) is 12.9. The molecule has 0 aliphatic heterocycles. The number of halogens is 3. The van der Waals surface area contributed by atoms with Gasteiger partial charge in [-0.1, -0.05) is 30.3 Å². The van der Waals surface area contributed by atoms with Crippen molar-refractivity contribution < 1.29 is 35.9 Å². The second-order valence-corrected chi connectivity index (χ2v) is 11.2. The highest BCUT2D eigenvalue weighted by Gasteiger charge is 2.34. The van der Waals surface area contributed by atoms with E-state index in [-0.39, 0.29) is 22.0 Å². The molecule has 0 unspecified atom stereocenters. The molecule has 13 heteroatoms. The first kappa shape index (κ1) is 31.2. The Kier molecular flexibility index (Phi) is 9.14. The van der Waals surface area contributed by atoms with Gasteiger partial charge in [-0.25, -0.2) is 13.8 Å². The maximum Gasteiger partial charge on any atom is 0.418 e. The molecule has 9 nitrogen and oxygen atoms in total. The fourth-order valence-electron chi connectivity index (χ4n) is 4.55. The second-order valence-electron chi connectivity index (χ2n) is 9.33. The molecule has 0 radical (unpaired) electrons. The molecule has 0 aliphatic rings. The third-order valence-corrected chi connectivity index (χ3v) is 8.36. The van der Waals surface area contributed by atoms with E-state index in [1.165, 1.54) is 73.5 Å². The van der Waals surface area contributed by atoms with E-state index in [9.17, 15) is 26.4 Å². The van der Waals surface area contributed by atoms with E-state index in [1.807, 2.05) is 0 Å². The second kappa shape index (κ2) is 12.6. The van der Waals surface area contributed by atoms with E-state index < -0.39 is 34.2 Å². The molecule has 1 amide bonds. The fraction of sp³-hybridized carbons (Fsp3) is 0.200. The summed E-state index contributed by atoms with van der Waals surface area (Å²) in [6.07, 6.45) is -3.27. The van der Waals surface area contributed by atoms with Gasteiger partial charge in [0.15, 0.2) is 0 Å². The summed E-state index contributed by atoms with van der Waals surface area (Å²) in [5.74, 6) is -0.200. The lowest BCUT2D eigenvalue weighted by Gasteiger charge is -2.25. The molecule has 1 heterocycles. The molecule has 0 spiro atoms. The summed E-state index contributed by atoms with van der Waals surface area (Å²) < 4.78 is 81.2. The number of hydrogen-bond donors (Lipinski definition) is 1. The largest absolute Gasteiger partial charge is 0.497 e. The van der Waals surface area contributed by atoms with Crippen LogP contribution in [0.1, 0.15) is 22.5 Å². The van der Waals surface area contributed by atoms with Gasteiger partial charge >= 0.3 is 6.18 Å². The van der Waals surface area contributed by atoms with Crippen molar-refractivity contribution in [1.82, 2.24) is 9.99 Å². The zero-order chi connectivity index (χ0) is 31.4. The molecule has 0 saturated heterocycles. The molecule has 1 N–H and O–H groups in total. The maximum absolute atomic E-state index is 13.7. The summed E-state index contributed by atoms with van der Waals surface area (Å²) in [5.41, 5.74) is 3.03. The van der Waals surface area contributed by atoms with Gasteiger partial charge in [-0.05, 0) is 56.3 Å². The number of alkyl halides is 3. The normalized spacial score (nSPS) is 11.9. The van der Waals surface area contributed by atoms with Crippen LogP contribution in [0.15, 0.2) is 88.9 Å².